The van der Waals surface area contributed by atoms with Crippen LogP contribution in [-0.2, 0) is 25.7 Å². The summed E-state index contributed by atoms with van der Waals surface area (Å²) < 4.78 is 10.0. The van der Waals surface area contributed by atoms with Crippen molar-refractivity contribution >= 4 is 23.8 Å². The molecule has 2 rings (SSSR count). The number of esters is 2. The first-order valence-electron chi connectivity index (χ1n) is 8.43. The number of amides is 2. The van der Waals surface area contributed by atoms with Crippen LogP contribution in [-0.4, -0.2) is 29.8 Å². The molecule has 0 saturated heterocycles. The minimum Gasteiger partial charge on any atom is -0.461 e. The summed E-state index contributed by atoms with van der Waals surface area (Å²) in [5, 5.41) is 2.39. The van der Waals surface area contributed by atoms with E-state index in [4.69, 9.17) is 15.2 Å². The van der Waals surface area contributed by atoms with Gasteiger partial charge >= 0.3 is 11.9 Å². The van der Waals surface area contributed by atoms with E-state index < -0.39 is 36.2 Å². The highest BCUT2D eigenvalue weighted by atomic mass is 16.5. The van der Waals surface area contributed by atoms with Crippen LogP contribution in [0.5, 0.6) is 5.75 Å². The van der Waals surface area contributed by atoms with Crippen molar-refractivity contribution in [2.45, 2.75) is 26.0 Å². The molecule has 2 aromatic rings. The molecule has 2 amide bonds. The van der Waals surface area contributed by atoms with Gasteiger partial charge in [0.2, 0.25) is 5.91 Å². The quantitative estimate of drug-likeness (QED) is 0.522. The summed E-state index contributed by atoms with van der Waals surface area (Å²) in [4.78, 5) is 47.0. The van der Waals surface area contributed by atoms with E-state index in [1.165, 1.54) is 31.2 Å². The Kier molecular flexibility index (Phi) is 7.27. The second-order valence-corrected chi connectivity index (χ2v) is 5.90. The van der Waals surface area contributed by atoms with E-state index in [0.29, 0.717) is 0 Å². The van der Waals surface area contributed by atoms with Gasteiger partial charge in [-0.25, -0.2) is 0 Å². The Balaban J connectivity index is 1.96. The van der Waals surface area contributed by atoms with Crippen molar-refractivity contribution in [2.24, 2.45) is 5.73 Å². The molecule has 28 heavy (non-hydrogen) atoms. The molecule has 8 heteroatoms. The average molecular weight is 384 g/mol. The smallest absolute Gasteiger partial charge is 0.308 e. The fraction of sp³-hybridized carbons (Fsp3) is 0.200. The minimum absolute atomic E-state index is 0.0452. The Bertz CT molecular complexity index is 866. The first-order chi connectivity index (χ1) is 13.3. The Morgan fingerprint density at radius 1 is 1.04 bits per heavy atom. The molecule has 2 aromatic carbocycles. The molecule has 0 unspecified atom stereocenters. The highest BCUT2D eigenvalue weighted by Gasteiger charge is 2.23. The van der Waals surface area contributed by atoms with Crippen LogP contribution < -0.4 is 15.8 Å². The van der Waals surface area contributed by atoms with Crippen molar-refractivity contribution in [1.82, 2.24) is 5.32 Å². The molecule has 3 N–H and O–H groups in total. The van der Waals surface area contributed by atoms with Gasteiger partial charge in [-0.15, -0.1) is 0 Å². The fourth-order valence-electron chi connectivity index (χ4n) is 2.29. The van der Waals surface area contributed by atoms with Gasteiger partial charge in [0.15, 0.2) is 0 Å². The van der Waals surface area contributed by atoms with E-state index in [1.54, 1.807) is 24.3 Å². The highest BCUT2D eigenvalue weighted by Crippen LogP contribution is 2.14. The molecule has 1 atom stereocenters. The summed E-state index contributed by atoms with van der Waals surface area (Å²) in [6.07, 6.45) is -0.405. The number of primary amides is 1. The standard InChI is InChI=1S/C20H20N2O6/c1-13(23)28-16-9-5-8-15(10-16)20(26)22-17(19(21)25)11-18(24)27-12-14-6-3-2-4-7-14/h2-10,17H,11-12H2,1H3,(H2,21,25)(H,22,26)/t17-/m1/s1. The van der Waals surface area contributed by atoms with Crippen LogP contribution in [0, 0.1) is 0 Å². The van der Waals surface area contributed by atoms with Gasteiger partial charge in [-0.1, -0.05) is 36.4 Å². The molecular weight excluding hydrogens is 364 g/mol. The molecule has 146 valence electrons. The average Bonchev–Trinajstić information content (AvgIpc) is 2.66. The first kappa shape index (κ1) is 20.6. The lowest BCUT2D eigenvalue weighted by Gasteiger charge is -2.15. The summed E-state index contributed by atoms with van der Waals surface area (Å²) >= 11 is 0. The molecule has 0 fully saturated rings. The number of nitrogens with two attached hydrogens (primary N) is 1. The van der Waals surface area contributed by atoms with E-state index in [0.717, 1.165) is 5.56 Å². The normalized spacial score (nSPS) is 11.2. The molecule has 0 bridgehead atoms. The lowest BCUT2D eigenvalue weighted by atomic mass is 10.1. The van der Waals surface area contributed by atoms with Gasteiger partial charge in [0.1, 0.15) is 18.4 Å². The third-order valence-electron chi connectivity index (χ3n) is 3.62. The van der Waals surface area contributed by atoms with Crippen molar-refractivity contribution in [2.75, 3.05) is 0 Å². The fourth-order valence-corrected chi connectivity index (χ4v) is 2.29. The van der Waals surface area contributed by atoms with E-state index in [9.17, 15) is 19.2 Å². The summed E-state index contributed by atoms with van der Waals surface area (Å²) in [7, 11) is 0. The third-order valence-corrected chi connectivity index (χ3v) is 3.62. The lowest BCUT2D eigenvalue weighted by molar-refractivity contribution is -0.146. The van der Waals surface area contributed by atoms with Gasteiger partial charge in [0.25, 0.3) is 5.91 Å². The molecule has 0 radical (unpaired) electrons. The second-order valence-electron chi connectivity index (χ2n) is 5.90. The van der Waals surface area contributed by atoms with Crippen molar-refractivity contribution in [1.29, 1.82) is 0 Å². The highest BCUT2D eigenvalue weighted by molar-refractivity contribution is 5.98. The predicted octanol–water partition coefficient (Wildman–Crippen LogP) is 1.33. The Labute approximate surface area is 161 Å². The minimum atomic E-state index is -1.24. The maximum atomic E-state index is 12.3. The van der Waals surface area contributed by atoms with E-state index >= 15 is 0 Å². The van der Waals surface area contributed by atoms with Gasteiger partial charge in [-0.3, -0.25) is 19.2 Å². The summed E-state index contributed by atoms with van der Waals surface area (Å²) in [5.74, 6) is -2.55. The molecular formula is C20H20N2O6. The van der Waals surface area contributed by atoms with Gasteiger partial charge in [-0.2, -0.15) is 0 Å². The van der Waals surface area contributed by atoms with Crippen molar-refractivity contribution in [3.8, 4) is 5.75 Å². The zero-order valence-corrected chi connectivity index (χ0v) is 15.2. The summed E-state index contributed by atoms with van der Waals surface area (Å²) in [6.45, 7) is 1.28. The molecule has 0 aliphatic carbocycles. The zero-order chi connectivity index (χ0) is 20.5. The molecule has 0 aromatic heterocycles. The van der Waals surface area contributed by atoms with E-state index in [1.807, 2.05) is 6.07 Å². The van der Waals surface area contributed by atoms with Crippen LogP contribution in [0.4, 0.5) is 0 Å². The van der Waals surface area contributed by atoms with Crippen molar-refractivity contribution < 1.29 is 28.7 Å². The van der Waals surface area contributed by atoms with Crippen molar-refractivity contribution in [3.63, 3.8) is 0 Å². The monoisotopic (exact) mass is 384 g/mol. The summed E-state index contributed by atoms with van der Waals surface area (Å²) in [5.41, 5.74) is 6.21. The number of rotatable bonds is 8. The Morgan fingerprint density at radius 2 is 1.75 bits per heavy atom. The summed E-state index contributed by atoms with van der Waals surface area (Å²) in [6, 6.07) is 13.6. The number of hydrogen-bond donors (Lipinski definition) is 2. The van der Waals surface area contributed by atoms with E-state index in [2.05, 4.69) is 5.32 Å². The van der Waals surface area contributed by atoms with Gasteiger partial charge in [0, 0.05) is 12.5 Å². The molecule has 0 saturated carbocycles. The van der Waals surface area contributed by atoms with E-state index in [-0.39, 0.29) is 17.9 Å². The maximum Gasteiger partial charge on any atom is 0.308 e. The topological polar surface area (TPSA) is 125 Å². The first-order valence-corrected chi connectivity index (χ1v) is 8.43. The Morgan fingerprint density at radius 3 is 2.39 bits per heavy atom. The molecule has 0 aliphatic heterocycles. The number of nitrogens with one attached hydrogen (secondary N) is 1. The van der Waals surface area contributed by atoms with Crippen LogP contribution >= 0.6 is 0 Å². The molecule has 0 heterocycles. The third kappa shape index (κ3) is 6.56. The molecule has 0 spiro atoms. The Hall–Kier alpha value is -3.68. The number of hydrogen-bond acceptors (Lipinski definition) is 6. The van der Waals surface area contributed by atoms with Crippen LogP contribution in [0.25, 0.3) is 0 Å². The predicted molar refractivity (Wildman–Crippen MR) is 99.1 cm³/mol. The maximum absolute atomic E-state index is 12.3. The zero-order valence-electron chi connectivity index (χ0n) is 15.2. The van der Waals surface area contributed by atoms with Gasteiger partial charge < -0.3 is 20.5 Å². The molecule has 0 aliphatic rings. The van der Waals surface area contributed by atoms with Crippen molar-refractivity contribution in [3.05, 3.63) is 65.7 Å². The number of carbonyl (C=O) groups is 4. The molecule has 8 nitrogen and oxygen atoms in total. The second kappa shape index (κ2) is 9.86. The SMILES string of the molecule is CC(=O)Oc1cccc(C(=O)N[C@H](CC(=O)OCc2ccccc2)C(N)=O)c1. The van der Waals surface area contributed by atoms with Crippen LogP contribution in [0.15, 0.2) is 54.6 Å². The largest absolute Gasteiger partial charge is 0.461 e. The van der Waals surface area contributed by atoms with Gasteiger partial charge in [-0.05, 0) is 23.8 Å². The van der Waals surface area contributed by atoms with Crippen LogP contribution in [0.2, 0.25) is 0 Å². The number of ether oxygens (including phenoxy) is 2. The van der Waals surface area contributed by atoms with Gasteiger partial charge in [0.05, 0.1) is 6.42 Å². The lowest BCUT2D eigenvalue weighted by Crippen LogP contribution is -2.45. The van der Waals surface area contributed by atoms with Crippen LogP contribution in [0.1, 0.15) is 29.3 Å². The number of carbonyl (C=O) groups excluding carboxylic acids is 4. The van der Waals surface area contributed by atoms with Crippen LogP contribution in [0.3, 0.4) is 0 Å². The number of benzene rings is 2.